The molecule has 142 valence electrons. The Hall–Kier alpha value is -3.21. The van der Waals surface area contributed by atoms with Gasteiger partial charge in [-0.1, -0.05) is 49.7 Å². The molecule has 0 aliphatic rings. The normalized spacial score (nSPS) is 11.4. The lowest BCUT2D eigenvalue weighted by molar-refractivity contribution is 0.613. The summed E-state index contributed by atoms with van der Waals surface area (Å²) in [5.74, 6) is 0.620. The molecule has 0 amide bonds. The van der Waals surface area contributed by atoms with Gasteiger partial charge in [-0.2, -0.15) is 0 Å². The molecule has 5 heteroatoms. The predicted octanol–water partition coefficient (Wildman–Crippen LogP) is 4.02. The molecule has 4 aromatic rings. The highest BCUT2D eigenvalue weighted by molar-refractivity contribution is 5.92. The fourth-order valence-corrected chi connectivity index (χ4v) is 3.74. The summed E-state index contributed by atoms with van der Waals surface area (Å²) in [6.45, 7) is 4.63. The van der Waals surface area contributed by atoms with Gasteiger partial charge in [-0.05, 0) is 31.0 Å². The number of nitrogens with zero attached hydrogens (tertiary/aromatic N) is 3. The molecule has 28 heavy (non-hydrogen) atoms. The molecule has 0 N–H and O–H groups in total. The van der Waals surface area contributed by atoms with Gasteiger partial charge in [-0.25, -0.2) is 4.98 Å². The minimum absolute atomic E-state index is 0.162. The van der Waals surface area contributed by atoms with E-state index in [1.807, 2.05) is 61.0 Å². The molecule has 0 unspecified atom stereocenters. The van der Waals surface area contributed by atoms with E-state index in [-0.39, 0.29) is 16.4 Å². The van der Waals surface area contributed by atoms with Crippen molar-refractivity contribution >= 4 is 21.9 Å². The third-order valence-corrected chi connectivity index (χ3v) is 5.33. The molecule has 0 bridgehead atoms. The Morgan fingerprint density at radius 3 is 2.46 bits per heavy atom. The Bertz CT molecular complexity index is 1320. The van der Waals surface area contributed by atoms with Gasteiger partial charge in [-0.3, -0.25) is 14.2 Å². The van der Waals surface area contributed by atoms with Crippen molar-refractivity contribution in [3.05, 3.63) is 74.7 Å². The van der Waals surface area contributed by atoms with Crippen LogP contribution < -0.4 is 11.0 Å². The van der Waals surface area contributed by atoms with Crippen molar-refractivity contribution in [1.82, 2.24) is 14.1 Å². The third kappa shape index (κ3) is 2.74. The summed E-state index contributed by atoms with van der Waals surface area (Å²) in [5.41, 5.74) is 2.66. The summed E-state index contributed by atoms with van der Waals surface area (Å²) in [4.78, 5) is 31.5. The summed E-state index contributed by atoms with van der Waals surface area (Å²) < 4.78 is 3.52. The molecule has 0 aliphatic heterocycles. The predicted molar refractivity (Wildman–Crippen MR) is 114 cm³/mol. The zero-order chi connectivity index (χ0) is 19.8. The van der Waals surface area contributed by atoms with Gasteiger partial charge in [0.25, 0.3) is 5.56 Å². The van der Waals surface area contributed by atoms with Crippen molar-refractivity contribution < 1.29 is 0 Å². The van der Waals surface area contributed by atoms with E-state index in [2.05, 4.69) is 6.92 Å². The van der Waals surface area contributed by atoms with Crippen LogP contribution in [-0.4, -0.2) is 14.1 Å². The van der Waals surface area contributed by atoms with Gasteiger partial charge < -0.3 is 4.57 Å². The first kappa shape index (κ1) is 18.2. The molecule has 0 atom stereocenters. The Kier molecular flexibility index (Phi) is 4.59. The van der Waals surface area contributed by atoms with Crippen molar-refractivity contribution in [2.75, 3.05) is 0 Å². The van der Waals surface area contributed by atoms with Gasteiger partial charge in [0, 0.05) is 24.5 Å². The Balaban J connectivity index is 2.19. The highest BCUT2D eigenvalue weighted by Crippen LogP contribution is 2.23. The van der Waals surface area contributed by atoms with E-state index in [9.17, 15) is 9.59 Å². The first-order chi connectivity index (χ1) is 13.5. The van der Waals surface area contributed by atoms with Crippen LogP contribution in [0.2, 0.25) is 0 Å². The standard InChI is InChI=1S/C23H23N3O2/c1-4-5-14-26-21(16-11-7-6-10-15(16)2)24-22-19(23(26)28)20(27)17-12-8-9-13-18(17)25(22)3/h6-13H,4-5,14H2,1-3H3. The summed E-state index contributed by atoms with van der Waals surface area (Å²) >= 11 is 0. The minimum Gasteiger partial charge on any atom is -0.328 e. The van der Waals surface area contributed by atoms with Crippen molar-refractivity contribution in [2.45, 2.75) is 33.2 Å². The highest BCUT2D eigenvalue weighted by atomic mass is 16.1. The van der Waals surface area contributed by atoms with Crippen LogP contribution in [0.25, 0.3) is 33.3 Å². The van der Waals surface area contributed by atoms with E-state index >= 15 is 0 Å². The fourth-order valence-electron chi connectivity index (χ4n) is 3.74. The van der Waals surface area contributed by atoms with E-state index in [0.717, 1.165) is 29.5 Å². The number of aryl methyl sites for hydroxylation is 2. The topological polar surface area (TPSA) is 56.9 Å². The molecule has 0 fully saturated rings. The second-order valence-electron chi connectivity index (χ2n) is 7.16. The second-order valence-corrected chi connectivity index (χ2v) is 7.16. The lowest BCUT2D eigenvalue weighted by Gasteiger charge is -2.17. The van der Waals surface area contributed by atoms with Gasteiger partial charge in [0.1, 0.15) is 11.2 Å². The summed E-state index contributed by atoms with van der Waals surface area (Å²) in [7, 11) is 1.86. The molecule has 2 heterocycles. The van der Waals surface area contributed by atoms with E-state index < -0.39 is 0 Å². The number of pyridine rings is 1. The lowest BCUT2D eigenvalue weighted by Crippen LogP contribution is -2.29. The maximum atomic E-state index is 13.5. The van der Waals surface area contributed by atoms with Crippen molar-refractivity contribution in [2.24, 2.45) is 7.05 Å². The molecule has 0 spiro atoms. The smallest absolute Gasteiger partial charge is 0.267 e. The molecule has 0 saturated heterocycles. The number of benzene rings is 2. The average Bonchev–Trinajstić information content (AvgIpc) is 2.71. The van der Waals surface area contributed by atoms with Crippen LogP contribution in [0.15, 0.2) is 58.1 Å². The van der Waals surface area contributed by atoms with Crippen LogP contribution in [0.3, 0.4) is 0 Å². The Morgan fingerprint density at radius 1 is 1.00 bits per heavy atom. The number of para-hydroxylation sites is 1. The second kappa shape index (κ2) is 7.08. The number of unbranched alkanes of at least 4 members (excludes halogenated alkanes) is 1. The molecule has 4 rings (SSSR count). The largest absolute Gasteiger partial charge is 0.328 e. The Labute approximate surface area is 162 Å². The number of fused-ring (bicyclic) bond motifs is 2. The van der Waals surface area contributed by atoms with Crippen LogP contribution in [0.4, 0.5) is 0 Å². The van der Waals surface area contributed by atoms with Gasteiger partial charge in [0.15, 0.2) is 5.65 Å². The monoisotopic (exact) mass is 373 g/mol. The van der Waals surface area contributed by atoms with E-state index in [1.165, 1.54) is 0 Å². The number of aromatic nitrogens is 3. The van der Waals surface area contributed by atoms with E-state index in [0.29, 0.717) is 23.4 Å². The number of hydrogen-bond acceptors (Lipinski definition) is 3. The maximum Gasteiger partial charge on any atom is 0.267 e. The van der Waals surface area contributed by atoms with Gasteiger partial charge >= 0.3 is 0 Å². The maximum absolute atomic E-state index is 13.5. The van der Waals surface area contributed by atoms with Gasteiger partial charge in [0.2, 0.25) is 5.43 Å². The third-order valence-electron chi connectivity index (χ3n) is 5.33. The molecule has 2 aromatic carbocycles. The van der Waals surface area contributed by atoms with Crippen LogP contribution >= 0.6 is 0 Å². The first-order valence-corrected chi connectivity index (χ1v) is 9.63. The minimum atomic E-state index is -0.261. The quantitative estimate of drug-likeness (QED) is 0.508. The van der Waals surface area contributed by atoms with E-state index in [4.69, 9.17) is 4.98 Å². The molecule has 5 nitrogen and oxygen atoms in total. The van der Waals surface area contributed by atoms with E-state index in [1.54, 1.807) is 10.6 Å². The van der Waals surface area contributed by atoms with Crippen molar-refractivity contribution in [3.63, 3.8) is 0 Å². The fraction of sp³-hybridized carbons (Fsp3) is 0.261. The number of rotatable bonds is 4. The van der Waals surface area contributed by atoms with Gasteiger partial charge in [-0.15, -0.1) is 0 Å². The van der Waals surface area contributed by atoms with Crippen molar-refractivity contribution in [3.8, 4) is 11.4 Å². The molecule has 0 saturated carbocycles. The summed E-state index contributed by atoms with van der Waals surface area (Å²) in [5, 5.41) is 0.705. The highest BCUT2D eigenvalue weighted by Gasteiger charge is 2.19. The molecule has 0 radical (unpaired) electrons. The summed E-state index contributed by atoms with van der Waals surface area (Å²) in [6.07, 6.45) is 1.80. The van der Waals surface area contributed by atoms with Crippen LogP contribution in [0.5, 0.6) is 0 Å². The molecular weight excluding hydrogens is 350 g/mol. The van der Waals surface area contributed by atoms with Crippen molar-refractivity contribution in [1.29, 1.82) is 0 Å². The SMILES string of the molecule is CCCCn1c(-c2ccccc2C)nc2c(c(=O)c3ccccc3n2C)c1=O. The lowest BCUT2D eigenvalue weighted by atomic mass is 10.1. The zero-order valence-electron chi connectivity index (χ0n) is 16.4. The van der Waals surface area contributed by atoms with Gasteiger partial charge in [0.05, 0.1) is 5.52 Å². The molecule has 2 aromatic heterocycles. The van der Waals surface area contributed by atoms with Crippen LogP contribution in [-0.2, 0) is 13.6 Å². The average molecular weight is 373 g/mol. The molecular formula is C23H23N3O2. The molecule has 0 aliphatic carbocycles. The van der Waals surface area contributed by atoms with Crippen LogP contribution in [0, 0.1) is 6.92 Å². The summed E-state index contributed by atoms with van der Waals surface area (Å²) in [6, 6.07) is 15.3. The first-order valence-electron chi connectivity index (χ1n) is 9.63. The Morgan fingerprint density at radius 2 is 1.71 bits per heavy atom. The van der Waals surface area contributed by atoms with Crippen LogP contribution in [0.1, 0.15) is 25.3 Å². The number of hydrogen-bond donors (Lipinski definition) is 0. The zero-order valence-corrected chi connectivity index (χ0v) is 16.4.